The Kier molecular flexibility index (Phi) is 4.97. The highest BCUT2D eigenvalue weighted by Gasteiger charge is 2.12. The molecule has 1 atom stereocenters. The third kappa shape index (κ3) is 3.46. The largest absolute Gasteiger partial charge is 0.328 e. The Labute approximate surface area is 103 Å². The Bertz CT molecular complexity index is 379. The Hall–Kier alpha value is -1.55. The van der Waals surface area contributed by atoms with Crippen molar-refractivity contribution < 1.29 is 4.79 Å². The molecule has 17 heavy (non-hydrogen) atoms. The Morgan fingerprint density at radius 2 is 2.06 bits per heavy atom. The van der Waals surface area contributed by atoms with Crippen LogP contribution < -0.4 is 10.6 Å². The van der Waals surface area contributed by atoms with Crippen LogP contribution in [0.4, 0.5) is 10.5 Å². The molecule has 1 aromatic rings. The minimum atomic E-state index is -0.0803. The number of nitrogens with zero attached hydrogens (tertiary/aromatic N) is 1. The van der Waals surface area contributed by atoms with Crippen LogP contribution in [0, 0.1) is 0 Å². The summed E-state index contributed by atoms with van der Waals surface area (Å²) in [6.45, 7) is 4.70. The monoisotopic (exact) mass is 235 g/mol. The fraction of sp³-hybridized carbons (Fsp3) is 0.462. The molecule has 1 aromatic carbocycles. The second-order valence-electron chi connectivity index (χ2n) is 4.04. The second kappa shape index (κ2) is 6.25. The Balaban J connectivity index is 2.87. The lowest BCUT2D eigenvalue weighted by atomic mass is 10.1. The van der Waals surface area contributed by atoms with Crippen molar-refractivity contribution in [2.45, 2.75) is 19.9 Å². The summed E-state index contributed by atoms with van der Waals surface area (Å²) in [5, 5.41) is 6.10. The molecule has 0 spiro atoms. The standard InChI is InChI=1S/C13H21N3O/c1-5-16(4)13(17)15-12-9-7-6-8-11(12)10(2)14-3/h6-10,14H,5H2,1-4H3,(H,15,17). The van der Waals surface area contributed by atoms with Gasteiger partial charge in [0.15, 0.2) is 0 Å². The molecule has 4 nitrogen and oxygen atoms in total. The zero-order valence-electron chi connectivity index (χ0n) is 10.9. The summed E-state index contributed by atoms with van der Waals surface area (Å²) in [5.74, 6) is 0. The zero-order valence-corrected chi connectivity index (χ0v) is 10.9. The van der Waals surface area contributed by atoms with Gasteiger partial charge in [0.05, 0.1) is 0 Å². The predicted molar refractivity (Wildman–Crippen MR) is 71.2 cm³/mol. The number of carbonyl (C=O) groups is 1. The minimum absolute atomic E-state index is 0.0803. The van der Waals surface area contributed by atoms with Crippen LogP contribution in [0.1, 0.15) is 25.5 Å². The second-order valence-corrected chi connectivity index (χ2v) is 4.04. The first-order valence-corrected chi connectivity index (χ1v) is 5.88. The van der Waals surface area contributed by atoms with Crippen molar-refractivity contribution in [3.8, 4) is 0 Å². The highest BCUT2D eigenvalue weighted by atomic mass is 16.2. The molecule has 0 aliphatic rings. The molecule has 0 saturated heterocycles. The molecule has 0 aliphatic carbocycles. The maximum absolute atomic E-state index is 11.8. The van der Waals surface area contributed by atoms with Crippen LogP contribution in [0.3, 0.4) is 0 Å². The molecule has 4 heteroatoms. The third-order valence-electron chi connectivity index (χ3n) is 2.92. The van der Waals surface area contributed by atoms with E-state index >= 15 is 0 Å². The summed E-state index contributed by atoms with van der Waals surface area (Å²) >= 11 is 0. The van der Waals surface area contributed by atoms with Crippen molar-refractivity contribution in [2.24, 2.45) is 0 Å². The van der Waals surface area contributed by atoms with E-state index in [1.165, 1.54) is 0 Å². The zero-order chi connectivity index (χ0) is 12.8. The number of urea groups is 1. The van der Waals surface area contributed by atoms with E-state index in [2.05, 4.69) is 17.6 Å². The first-order valence-electron chi connectivity index (χ1n) is 5.88. The van der Waals surface area contributed by atoms with Gasteiger partial charge in [-0.05, 0) is 32.5 Å². The van der Waals surface area contributed by atoms with Gasteiger partial charge in [0.1, 0.15) is 0 Å². The van der Waals surface area contributed by atoms with Gasteiger partial charge in [-0.25, -0.2) is 4.79 Å². The summed E-state index contributed by atoms with van der Waals surface area (Å²) < 4.78 is 0. The lowest BCUT2D eigenvalue weighted by molar-refractivity contribution is 0.224. The van der Waals surface area contributed by atoms with E-state index in [0.29, 0.717) is 6.54 Å². The molecule has 0 heterocycles. The molecular weight excluding hydrogens is 214 g/mol. The lowest BCUT2D eigenvalue weighted by Crippen LogP contribution is -2.31. The summed E-state index contributed by atoms with van der Waals surface area (Å²) in [6, 6.07) is 7.96. The molecule has 0 aromatic heterocycles. The normalized spacial score (nSPS) is 12.0. The van der Waals surface area contributed by atoms with Gasteiger partial charge in [-0.2, -0.15) is 0 Å². The van der Waals surface area contributed by atoms with E-state index in [1.54, 1.807) is 11.9 Å². The number of amides is 2. The maximum atomic E-state index is 11.8. The van der Waals surface area contributed by atoms with Crippen LogP contribution in [0.25, 0.3) is 0 Å². The van der Waals surface area contributed by atoms with Crippen LogP contribution in [-0.2, 0) is 0 Å². The van der Waals surface area contributed by atoms with Crippen molar-refractivity contribution in [3.05, 3.63) is 29.8 Å². The van der Waals surface area contributed by atoms with Gasteiger partial charge in [0.25, 0.3) is 0 Å². The van der Waals surface area contributed by atoms with Crippen LogP contribution in [0.2, 0.25) is 0 Å². The molecule has 2 N–H and O–H groups in total. The van der Waals surface area contributed by atoms with E-state index in [1.807, 2.05) is 38.2 Å². The number of hydrogen-bond donors (Lipinski definition) is 2. The van der Waals surface area contributed by atoms with E-state index in [4.69, 9.17) is 0 Å². The smallest absolute Gasteiger partial charge is 0.321 e. The number of hydrogen-bond acceptors (Lipinski definition) is 2. The van der Waals surface area contributed by atoms with Crippen LogP contribution in [0.5, 0.6) is 0 Å². The summed E-state index contributed by atoms with van der Waals surface area (Å²) in [7, 11) is 3.68. The number of nitrogens with one attached hydrogen (secondary N) is 2. The van der Waals surface area contributed by atoms with E-state index in [-0.39, 0.29) is 12.1 Å². The molecule has 94 valence electrons. The summed E-state index contributed by atoms with van der Waals surface area (Å²) in [6.07, 6.45) is 0. The Morgan fingerprint density at radius 1 is 1.41 bits per heavy atom. The molecule has 0 radical (unpaired) electrons. The van der Waals surface area contributed by atoms with Crippen molar-refractivity contribution >= 4 is 11.7 Å². The highest BCUT2D eigenvalue weighted by Crippen LogP contribution is 2.22. The van der Waals surface area contributed by atoms with E-state index in [0.717, 1.165) is 11.3 Å². The summed E-state index contributed by atoms with van der Waals surface area (Å²) in [5.41, 5.74) is 1.95. The van der Waals surface area contributed by atoms with E-state index in [9.17, 15) is 4.79 Å². The van der Waals surface area contributed by atoms with Crippen LogP contribution >= 0.6 is 0 Å². The maximum Gasteiger partial charge on any atom is 0.321 e. The van der Waals surface area contributed by atoms with Crippen LogP contribution in [-0.4, -0.2) is 31.6 Å². The number of benzene rings is 1. The molecule has 1 rings (SSSR count). The van der Waals surface area contributed by atoms with Gasteiger partial charge in [-0.3, -0.25) is 0 Å². The minimum Gasteiger partial charge on any atom is -0.328 e. The van der Waals surface area contributed by atoms with Gasteiger partial charge in [0, 0.05) is 25.3 Å². The average Bonchev–Trinajstić information content (AvgIpc) is 2.37. The van der Waals surface area contributed by atoms with Gasteiger partial charge in [-0.15, -0.1) is 0 Å². The molecule has 0 bridgehead atoms. The van der Waals surface area contributed by atoms with Gasteiger partial charge >= 0.3 is 6.03 Å². The van der Waals surface area contributed by atoms with Crippen molar-refractivity contribution in [1.82, 2.24) is 10.2 Å². The predicted octanol–water partition coefficient (Wildman–Crippen LogP) is 2.45. The average molecular weight is 235 g/mol. The van der Waals surface area contributed by atoms with Crippen molar-refractivity contribution in [3.63, 3.8) is 0 Å². The highest BCUT2D eigenvalue weighted by molar-refractivity contribution is 5.90. The number of para-hydroxylation sites is 1. The molecule has 0 aliphatic heterocycles. The quantitative estimate of drug-likeness (QED) is 0.842. The molecule has 2 amide bonds. The van der Waals surface area contributed by atoms with Gasteiger partial charge < -0.3 is 15.5 Å². The van der Waals surface area contributed by atoms with E-state index < -0.39 is 0 Å². The fourth-order valence-corrected chi connectivity index (χ4v) is 1.50. The van der Waals surface area contributed by atoms with Gasteiger partial charge in [0.2, 0.25) is 0 Å². The first-order chi connectivity index (χ1) is 8.10. The molecule has 1 unspecified atom stereocenters. The Morgan fingerprint density at radius 3 is 2.65 bits per heavy atom. The van der Waals surface area contributed by atoms with Crippen LogP contribution in [0.15, 0.2) is 24.3 Å². The van der Waals surface area contributed by atoms with Crippen molar-refractivity contribution in [1.29, 1.82) is 0 Å². The van der Waals surface area contributed by atoms with Gasteiger partial charge in [-0.1, -0.05) is 18.2 Å². The SMILES string of the molecule is CCN(C)C(=O)Nc1ccccc1C(C)NC. The lowest BCUT2D eigenvalue weighted by Gasteiger charge is -2.19. The first kappa shape index (κ1) is 13.5. The summed E-state index contributed by atoms with van der Waals surface area (Å²) in [4.78, 5) is 13.4. The third-order valence-corrected chi connectivity index (χ3v) is 2.92. The van der Waals surface area contributed by atoms with Crippen molar-refractivity contribution in [2.75, 3.05) is 26.0 Å². The number of rotatable bonds is 4. The molecule has 0 fully saturated rings. The number of anilines is 1. The molecule has 0 saturated carbocycles. The topological polar surface area (TPSA) is 44.4 Å². The molecular formula is C13H21N3O. The number of carbonyl (C=O) groups excluding carboxylic acids is 1. The fourth-order valence-electron chi connectivity index (χ4n) is 1.50.